The van der Waals surface area contributed by atoms with E-state index < -0.39 is 5.41 Å². The molecular weight excluding hydrogens is 310 g/mol. The first-order valence-corrected chi connectivity index (χ1v) is 8.31. The Morgan fingerprint density at radius 2 is 2.00 bits per heavy atom. The molecule has 0 atom stereocenters. The number of hydrogen-bond donors (Lipinski definition) is 1. The lowest BCUT2D eigenvalue weighted by Crippen LogP contribution is -2.34. The lowest BCUT2D eigenvalue weighted by molar-refractivity contribution is -0.149. The Labute approximate surface area is 140 Å². The fourth-order valence-electron chi connectivity index (χ4n) is 3.55. The zero-order valence-corrected chi connectivity index (χ0v) is 13.7. The molecule has 1 aromatic carbocycles. The molecule has 1 heterocycles. The molecule has 1 saturated carbocycles. The highest BCUT2D eigenvalue weighted by molar-refractivity contribution is 5.72. The van der Waals surface area contributed by atoms with Gasteiger partial charge in [0.1, 0.15) is 13.2 Å². The van der Waals surface area contributed by atoms with Crippen molar-refractivity contribution in [3.63, 3.8) is 0 Å². The molecule has 0 spiro atoms. The first kappa shape index (κ1) is 16.4. The van der Waals surface area contributed by atoms with Crippen LogP contribution in [0.4, 0.5) is 0 Å². The van der Waals surface area contributed by atoms with E-state index in [9.17, 15) is 15.2 Å². The quantitative estimate of drug-likeness (QED) is 0.857. The molecule has 6 heteroatoms. The highest BCUT2D eigenvalue weighted by Gasteiger charge is 2.42. The molecule has 3 rings (SSSR count). The zero-order valence-electron chi connectivity index (χ0n) is 13.7. The van der Waals surface area contributed by atoms with Gasteiger partial charge in [-0.2, -0.15) is 5.26 Å². The summed E-state index contributed by atoms with van der Waals surface area (Å²) >= 11 is 0. The normalized spacial score (nSPS) is 25.6. The van der Waals surface area contributed by atoms with Crippen LogP contribution in [0, 0.1) is 17.2 Å². The summed E-state index contributed by atoms with van der Waals surface area (Å²) < 4.78 is 16.3. The van der Waals surface area contributed by atoms with Crippen LogP contribution in [0.2, 0.25) is 0 Å². The largest absolute Gasteiger partial charge is 0.504 e. The number of ether oxygens (including phenoxy) is 3. The fraction of sp³-hybridized carbons (Fsp3) is 0.556. The molecule has 0 unspecified atom stereocenters. The number of aromatic hydroxyl groups is 1. The van der Waals surface area contributed by atoms with Crippen LogP contribution in [0.5, 0.6) is 17.2 Å². The first-order chi connectivity index (χ1) is 11.6. The minimum absolute atomic E-state index is 0.0155. The van der Waals surface area contributed by atoms with Gasteiger partial charge in [0.2, 0.25) is 5.75 Å². The average molecular weight is 331 g/mol. The average Bonchev–Trinajstić information content (AvgIpc) is 2.62. The van der Waals surface area contributed by atoms with Crippen molar-refractivity contribution in [1.82, 2.24) is 0 Å². The molecule has 1 aromatic rings. The lowest BCUT2D eigenvalue weighted by atomic mass is 9.67. The monoisotopic (exact) mass is 331 g/mol. The van der Waals surface area contributed by atoms with Crippen LogP contribution in [-0.4, -0.2) is 30.9 Å². The third-order valence-corrected chi connectivity index (χ3v) is 4.86. The number of benzene rings is 1. The second kappa shape index (κ2) is 6.60. The van der Waals surface area contributed by atoms with Gasteiger partial charge in [-0.25, -0.2) is 0 Å². The predicted octanol–water partition coefficient (Wildman–Crippen LogP) is 2.68. The van der Waals surface area contributed by atoms with Gasteiger partial charge in [0.25, 0.3) is 0 Å². The van der Waals surface area contributed by atoms with Gasteiger partial charge >= 0.3 is 5.97 Å². The van der Waals surface area contributed by atoms with Gasteiger partial charge in [-0.15, -0.1) is 0 Å². The van der Waals surface area contributed by atoms with Gasteiger partial charge in [0, 0.05) is 5.56 Å². The maximum absolute atomic E-state index is 11.9. The minimum atomic E-state index is -0.735. The summed E-state index contributed by atoms with van der Waals surface area (Å²) in [6, 6.07) is 5.70. The highest BCUT2D eigenvalue weighted by Crippen LogP contribution is 2.50. The van der Waals surface area contributed by atoms with Crippen molar-refractivity contribution in [2.45, 2.75) is 38.0 Å². The van der Waals surface area contributed by atoms with Crippen molar-refractivity contribution >= 4 is 5.97 Å². The fourth-order valence-corrected chi connectivity index (χ4v) is 3.55. The summed E-state index contributed by atoms with van der Waals surface area (Å²) in [6.07, 6.45) is 2.30. The molecule has 24 heavy (non-hydrogen) atoms. The molecule has 6 nitrogen and oxygen atoms in total. The molecule has 0 bridgehead atoms. The van der Waals surface area contributed by atoms with Gasteiger partial charge < -0.3 is 19.3 Å². The second-order valence-corrected chi connectivity index (χ2v) is 6.21. The summed E-state index contributed by atoms with van der Waals surface area (Å²) in [5.41, 5.74) is 0.00129. The van der Waals surface area contributed by atoms with Crippen molar-refractivity contribution < 1.29 is 24.1 Å². The van der Waals surface area contributed by atoms with E-state index in [2.05, 4.69) is 6.07 Å². The summed E-state index contributed by atoms with van der Waals surface area (Å²) in [7, 11) is 0. The third-order valence-electron chi connectivity index (χ3n) is 4.86. The van der Waals surface area contributed by atoms with Gasteiger partial charge in [-0.3, -0.25) is 4.79 Å². The van der Waals surface area contributed by atoms with Crippen LogP contribution in [0.3, 0.4) is 0 Å². The van der Waals surface area contributed by atoms with Crippen LogP contribution < -0.4 is 9.47 Å². The molecule has 1 aliphatic heterocycles. The number of rotatable bonds is 3. The van der Waals surface area contributed by atoms with E-state index in [1.54, 1.807) is 19.1 Å². The number of nitriles is 1. The van der Waals surface area contributed by atoms with Gasteiger partial charge in [-0.1, -0.05) is 0 Å². The maximum Gasteiger partial charge on any atom is 0.308 e. The summed E-state index contributed by atoms with van der Waals surface area (Å²) in [5.74, 6) is 0.438. The Morgan fingerprint density at radius 3 is 2.62 bits per heavy atom. The molecule has 0 amide bonds. The van der Waals surface area contributed by atoms with E-state index in [1.165, 1.54) is 0 Å². The van der Waals surface area contributed by atoms with Gasteiger partial charge in [0.15, 0.2) is 11.5 Å². The number of esters is 1. The summed E-state index contributed by atoms with van der Waals surface area (Å²) in [4.78, 5) is 11.9. The molecule has 0 aromatic heterocycles. The SMILES string of the molecule is CCOC(=O)C1CCC(C#N)(c2ccc(O)c3c2OCCO3)CC1. The van der Waals surface area contributed by atoms with Crippen molar-refractivity contribution in [3.05, 3.63) is 17.7 Å². The highest BCUT2D eigenvalue weighted by atomic mass is 16.6. The summed E-state index contributed by atoms with van der Waals surface area (Å²) in [6.45, 7) is 2.92. The molecule has 0 radical (unpaired) electrons. The van der Waals surface area contributed by atoms with Gasteiger partial charge in [0.05, 0.1) is 24.0 Å². The molecule has 128 valence electrons. The third kappa shape index (κ3) is 2.75. The Balaban J connectivity index is 1.88. The van der Waals surface area contributed by atoms with Crippen LogP contribution in [-0.2, 0) is 14.9 Å². The number of carbonyl (C=O) groups is 1. The molecule has 0 saturated heterocycles. The maximum atomic E-state index is 11.9. The van der Waals surface area contributed by atoms with Crippen LogP contribution in [0.15, 0.2) is 12.1 Å². The number of fused-ring (bicyclic) bond motifs is 1. The topological polar surface area (TPSA) is 88.8 Å². The van der Waals surface area contributed by atoms with E-state index in [-0.39, 0.29) is 17.6 Å². The zero-order chi connectivity index (χ0) is 17.2. The van der Waals surface area contributed by atoms with Crippen LogP contribution in [0.25, 0.3) is 0 Å². The number of phenols is 1. The molecule has 2 aliphatic rings. The van der Waals surface area contributed by atoms with Crippen molar-refractivity contribution in [1.29, 1.82) is 5.26 Å². The Bertz CT molecular complexity index is 671. The molecule has 1 fully saturated rings. The van der Waals surface area contributed by atoms with Crippen molar-refractivity contribution in [3.8, 4) is 23.3 Å². The first-order valence-electron chi connectivity index (χ1n) is 8.31. The predicted molar refractivity (Wildman–Crippen MR) is 85.0 cm³/mol. The number of nitrogens with zero attached hydrogens (tertiary/aromatic N) is 1. The van der Waals surface area contributed by atoms with Crippen LogP contribution in [0.1, 0.15) is 38.2 Å². The smallest absolute Gasteiger partial charge is 0.308 e. The summed E-state index contributed by atoms with van der Waals surface area (Å²) in [5, 5.41) is 19.8. The van der Waals surface area contributed by atoms with Crippen LogP contribution >= 0.6 is 0 Å². The molecule has 1 N–H and O–H groups in total. The van der Waals surface area contributed by atoms with E-state index in [1.807, 2.05) is 0 Å². The van der Waals surface area contributed by atoms with E-state index >= 15 is 0 Å². The van der Waals surface area contributed by atoms with E-state index in [0.717, 1.165) is 5.56 Å². The number of carbonyl (C=O) groups excluding carboxylic acids is 1. The second-order valence-electron chi connectivity index (χ2n) is 6.21. The van der Waals surface area contributed by atoms with Gasteiger partial charge in [-0.05, 0) is 44.7 Å². The Kier molecular flexibility index (Phi) is 4.52. The van der Waals surface area contributed by atoms with Crippen molar-refractivity contribution in [2.24, 2.45) is 5.92 Å². The standard InChI is InChI=1S/C18H21NO5/c1-2-22-17(21)12-5-7-18(11-19,8-6-12)13-3-4-14(20)16-15(13)23-9-10-24-16/h3-4,12,20H,2,5-10H2,1H3. The van der Waals surface area contributed by atoms with E-state index in [0.29, 0.717) is 57.0 Å². The number of hydrogen-bond acceptors (Lipinski definition) is 6. The van der Waals surface area contributed by atoms with Crippen molar-refractivity contribution in [2.75, 3.05) is 19.8 Å². The molecule has 1 aliphatic carbocycles. The Morgan fingerprint density at radius 1 is 1.33 bits per heavy atom. The number of phenolic OH excluding ortho intramolecular Hbond substituents is 1. The Hall–Kier alpha value is -2.42. The van der Waals surface area contributed by atoms with E-state index in [4.69, 9.17) is 14.2 Å². The lowest BCUT2D eigenvalue weighted by Gasteiger charge is -2.36. The molecular formula is C18H21NO5. The minimum Gasteiger partial charge on any atom is -0.504 e.